The van der Waals surface area contributed by atoms with Crippen molar-refractivity contribution >= 4 is 0 Å². The number of nitrogens with one attached hydrogen (secondary N) is 1. The molecule has 3 aliphatic rings. The summed E-state index contributed by atoms with van der Waals surface area (Å²) in [6, 6.07) is 1.79. The SMILES string of the molecule is CCC1CCC(NC(C2CC2)C2CC2)CC1. The monoisotopic (exact) mass is 221 g/mol. The minimum Gasteiger partial charge on any atom is -0.311 e. The van der Waals surface area contributed by atoms with Crippen molar-refractivity contribution in [1.29, 1.82) is 0 Å². The molecule has 3 fully saturated rings. The van der Waals surface area contributed by atoms with Gasteiger partial charge in [0.05, 0.1) is 0 Å². The molecule has 0 aromatic rings. The molecule has 3 rings (SSSR count). The Balaban J connectivity index is 1.46. The van der Waals surface area contributed by atoms with Crippen molar-refractivity contribution in [3.05, 3.63) is 0 Å². The van der Waals surface area contributed by atoms with Crippen molar-refractivity contribution in [3.63, 3.8) is 0 Å². The normalized spacial score (nSPS) is 35.6. The highest BCUT2D eigenvalue weighted by Gasteiger charge is 2.42. The molecule has 0 spiro atoms. The molecular formula is C15H27N. The fourth-order valence-corrected chi connectivity index (χ4v) is 3.58. The summed E-state index contributed by atoms with van der Waals surface area (Å²) in [7, 11) is 0. The molecule has 0 bridgehead atoms. The molecule has 0 aromatic heterocycles. The van der Waals surface area contributed by atoms with E-state index in [0.717, 1.165) is 29.8 Å². The van der Waals surface area contributed by atoms with Gasteiger partial charge in [-0.25, -0.2) is 0 Å². The van der Waals surface area contributed by atoms with E-state index in [-0.39, 0.29) is 0 Å². The van der Waals surface area contributed by atoms with E-state index in [2.05, 4.69) is 12.2 Å². The van der Waals surface area contributed by atoms with Gasteiger partial charge in [0.25, 0.3) is 0 Å². The van der Waals surface area contributed by atoms with Crippen LogP contribution in [0.25, 0.3) is 0 Å². The molecule has 0 unspecified atom stereocenters. The van der Waals surface area contributed by atoms with Crippen LogP contribution < -0.4 is 5.32 Å². The highest BCUT2D eigenvalue weighted by Crippen LogP contribution is 2.45. The Bertz CT molecular complexity index is 210. The maximum absolute atomic E-state index is 4.02. The van der Waals surface area contributed by atoms with E-state index in [1.165, 1.54) is 57.8 Å². The van der Waals surface area contributed by atoms with Gasteiger partial charge in [-0.05, 0) is 69.1 Å². The second kappa shape index (κ2) is 4.68. The second-order valence-electron chi connectivity index (χ2n) is 6.49. The van der Waals surface area contributed by atoms with Crippen molar-refractivity contribution in [2.45, 2.75) is 76.8 Å². The van der Waals surface area contributed by atoms with Crippen LogP contribution in [0.2, 0.25) is 0 Å². The molecule has 1 N–H and O–H groups in total. The van der Waals surface area contributed by atoms with Crippen molar-refractivity contribution in [2.75, 3.05) is 0 Å². The Morgan fingerprint density at radius 3 is 1.88 bits per heavy atom. The lowest BCUT2D eigenvalue weighted by molar-refractivity contribution is 0.252. The van der Waals surface area contributed by atoms with Gasteiger partial charge in [-0.1, -0.05) is 13.3 Å². The average molecular weight is 221 g/mol. The largest absolute Gasteiger partial charge is 0.311 e. The highest BCUT2D eigenvalue weighted by molar-refractivity contribution is 4.98. The van der Waals surface area contributed by atoms with E-state index in [9.17, 15) is 0 Å². The summed E-state index contributed by atoms with van der Waals surface area (Å²) in [5, 5.41) is 4.02. The Labute approximate surface area is 100 Å². The molecule has 0 atom stereocenters. The van der Waals surface area contributed by atoms with E-state index >= 15 is 0 Å². The van der Waals surface area contributed by atoms with Crippen molar-refractivity contribution < 1.29 is 0 Å². The lowest BCUT2D eigenvalue weighted by Crippen LogP contribution is -2.42. The van der Waals surface area contributed by atoms with E-state index in [1.807, 2.05) is 0 Å². The smallest absolute Gasteiger partial charge is 0.0126 e. The summed E-state index contributed by atoms with van der Waals surface area (Å²) in [6.45, 7) is 2.36. The summed E-state index contributed by atoms with van der Waals surface area (Å²) in [5.74, 6) is 3.17. The average Bonchev–Trinajstić information content (AvgIpc) is 3.19. The van der Waals surface area contributed by atoms with E-state index in [4.69, 9.17) is 0 Å². The first-order valence-electron chi connectivity index (χ1n) is 7.63. The highest BCUT2D eigenvalue weighted by atomic mass is 15.0. The molecule has 0 heterocycles. The van der Waals surface area contributed by atoms with Gasteiger partial charge >= 0.3 is 0 Å². The van der Waals surface area contributed by atoms with Gasteiger partial charge in [-0.15, -0.1) is 0 Å². The zero-order valence-corrected chi connectivity index (χ0v) is 10.8. The van der Waals surface area contributed by atoms with Crippen molar-refractivity contribution in [3.8, 4) is 0 Å². The fraction of sp³-hybridized carbons (Fsp3) is 1.00. The lowest BCUT2D eigenvalue weighted by atomic mass is 9.84. The van der Waals surface area contributed by atoms with Gasteiger partial charge < -0.3 is 5.32 Å². The van der Waals surface area contributed by atoms with Gasteiger partial charge in [0.1, 0.15) is 0 Å². The Morgan fingerprint density at radius 2 is 1.44 bits per heavy atom. The Kier molecular flexibility index (Phi) is 3.24. The first-order valence-corrected chi connectivity index (χ1v) is 7.63. The second-order valence-corrected chi connectivity index (χ2v) is 6.49. The topological polar surface area (TPSA) is 12.0 Å². The Hall–Kier alpha value is -0.0400. The molecule has 92 valence electrons. The molecule has 0 aliphatic heterocycles. The predicted molar refractivity (Wildman–Crippen MR) is 68.4 cm³/mol. The first kappa shape index (κ1) is 11.1. The van der Waals surface area contributed by atoms with Gasteiger partial charge in [-0.3, -0.25) is 0 Å². The van der Waals surface area contributed by atoms with Crippen molar-refractivity contribution in [2.24, 2.45) is 17.8 Å². The summed E-state index contributed by atoms with van der Waals surface area (Å²) in [5.41, 5.74) is 0. The molecule has 16 heavy (non-hydrogen) atoms. The third-order valence-corrected chi connectivity index (χ3v) is 5.11. The van der Waals surface area contributed by atoms with Crippen LogP contribution in [0.15, 0.2) is 0 Å². The van der Waals surface area contributed by atoms with E-state index < -0.39 is 0 Å². The third-order valence-electron chi connectivity index (χ3n) is 5.11. The molecule has 3 saturated carbocycles. The first-order chi connectivity index (χ1) is 7.86. The van der Waals surface area contributed by atoms with Crippen LogP contribution in [0.5, 0.6) is 0 Å². The molecule has 1 heteroatoms. The molecule has 0 amide bonds. The third kappa shape index (κ3) is 2.61. The zero-order valence-electron chi connectivity index (χ0n) is 10.8. The Morgan fingerprint density at radius 1 is 0.875 bits per heavy atom. The minimum absolute atomic E-state index is 0.869. The van der Waals surface area contributed by atoms with E-state index in [0.29, 0.717) is 0 Å². The maximum atomic E-state index is 4.02. The number of rotatable bonds is 5. The van der Waals surface area contributed by atoms with Gasteiger partial charge in [0.2, 0.25) is 0 Å². The zero-order chi connectivity index (χ0) is 11.0. The van der Waals surface area contributed by atoms with Crippen LogP contribution in [0.1, 0.15) is 64.7 Å². The molecular weight excluding hydrogens is 194 g/mol. The summed E-state index contributed by atoms with van der Waals surface area (Å²) >= 11 is 0. The van der Waals surface area contributed by atoms with Crippen LogP contribution in [0.4, 0.5) is 0 Å². The molecule has 3 aliphatic carbocycles. The summed E-state index contributed by atoms with van der Waals surface area (Å²) < 4.78 is 0. The quantitative estimate of drug-likeness (QED) is 0.746. The number of hydrogen-bond donors (Lipinski definition) is 1. The van der Waals surface area contributed by atoms with Crippen LogP contribution in [0, 0.1) is 17.8 Å². The predicted octanol–water partition coefficient (Wildman–Crippen LogP) is 3.73. The van der Waals surface area contributed by atoms with Crippen LogP contribution in [-0.2, 0) is 0 Å². The van der Waals surface area contributed by atoms with E-state index in [1.54, 1.807) is 0 Å². The fourth-order valence-electron chi connectivity index (χ4n) is 3.58. The number of hydrogen-bond acceptors (Lipinski definition) is 1. The van der Waals surface area contributed by atoms with Gasteiger partial charge in [0.15, 0.2) is 0 Å². The summed E-state index contributed by atoms with van der Waals surface area (Å²) in [6.07, 6.45) is 13.3. The molecule has 1 nitrogen and oxygen atoms in total. The van der Waals surface area contributed by atoms with Crippen LogP contribution >= 0.6 is 0 Å². The van der Waals surface area contributed by atoms with Crippen molar-refractivity contribution in [1.82, 2.24) is 5.32 Å². The lowest BCUT2D eigenvalue weighted by Gasteiger charge is -2.32. The molecule has 0 aromatic carbocycles. The van der Waals surface area contributed by atoms with Crippen LogP contribution in [-0.4, -0.2) is 12.1 Å². The van der Waals surface area contributed by atoms with Gasteiger partial charge in [0, 0.05) is 12.1 Å². The molecule has 0 radical (unpaired) electrons. The maximum Gasteiger partial charge on any atom is 0.0126 e. The molecule has 0 saturated heterocycles. The summed E-state index contributed by atoms with van der Waals surface area (Å²) in [4.78, 5) is 0. The van der Waals surface area contributed by atoms with Crippen LogP contribution in [0.3, 0.4) is 0 Å². The van der Waals surface area contributed by atoms with Gasteiger partial charge in [-0.2, -0.15) is 0 Å². The minimum atomic E-state index is 0.869. The standard InChI is InChI=1S/C15H27N/c1-2-11-3-9-14(10-4-11)16-15(12-5-6-12)13-7-8-13/h11-16H,2-10H2,1H3.